The highest BCUT2D eigenvalue weighted by atomic mass is 16.4. The molecule has 0 aromatic heterocycles. The van der Waals surface area contributed by atoms with Crippen LogP contribution in [0.2, 0.25) is 0 Å². The minimum atomic E-state index is -1.39. The van der Waals surface area contributed by atoms with Gasteiger partial charge in [-0.3, -0.25) is 33.8 Å². The summed E-state index contributed by atoms with van der Waals surface area (Å²) in [5.74, 6) is -6.11. The second-order valence-electron chi connectivity index (χ2n) is 15.6. The van der Waals surface area contributed by atoms with E-state index in [1.807, 2.05) is 55.5 Å². The summed E-state index contributed by atoms with van der Waals surface area (Å²) >= 11 is 0. The maximum Gasteiger partial charge on any atom is 0.326 e. The molecule has 2 aromatic carbocycles. The standard InChI is InChI=1S/C43H66N10O9/c1-5-6-19-33(42(61)62)52-37(56)27(4)49-39(58)32(20-21-35(54)55)51-40(59)34(24-29-16-11-8-12-17-29)48-25-30(23-28-14-9-7-10-15-28)50-41(60)36(26(2)3)53-38(57)31(44)18-13-22-47-43(45)46/h7-12,14-17,26-27,30-34,36,48H,5-6,13,18-25,44H2,1-4H3,(H,49,58)(H,50,60)(H,51,59)(H,52,56)(H,53,57)(H,54,55)(H,61,62)(H4,45,46,47)/t27-,30-,31-,32-,33-,34-,36-/m0/s1. The van der Waals surface area contributed by atoms with Crippen molar-refractivity contribution in [1.29, 1.82) is 0 Å². The number of guanidine groups is 1. The number of nitrogens with one attached hydrogen (secondary N) is 6. The average Bonchev–Trinajstić information content (AvgIpc) is 3.22. The van der Waals surface area contributed by atoms with Crippen LogP contribution in [0.5, 0.6) is 0 Å². The highest BCUT2D eigenvalue weighted by molar-refractivity contribution is 5.94. The summed E-state index contributed by atoms with van der Waals surface area (Å²) in [6, 6.07) is 11.1. The van der Waals surface area contributed by atoms with Gasteiger partial charge in [-0.15, -0.1) is 0 Å². The molecule has 19 heteroatoms. The highest BCUT2D eigenvalue weighted by Gasteiger charge is 2.32. The van der Waals surface area contributed by atoms with Crippen LogP contribution < -0.4 is 49.1 Å². The predicted molar refractivity (Wildman–Crippen MR) is 234 cm³/mol. The molecule has 0 aliphatic rings. The number of rotatable bonds is 29. The molecule has 7 atom stereocenters. The van der Waals surface area contributed by atoms with E-state index in [-0.39, 0.29) is 44.1 Å². The molecule has 0 aliphatic heterocycles. The lowest BCUT2D eigenvalue weighted by atomic mass is 9.99. The molecule has 2 rings (SSSR count). The molecule has 0 radical (unpaired) electrons. The number of hydrogen-bond acceptors (Lipinski definition) is 10. The van der Waals surface area contributed by atoms with Gasteiger partial charge in [-0.05, 0) is 62.5 Å². The van der Waals surface area contributed by atoms with Gasteiger partial charge in [-0.1, -0.05) is 94.3 Å². The lowest BCUT2D eigenvalue weighted by molar-refractivity contribution is -0.142. The molecule has 0 spiro atoms. The second kappa shape index (κ2) is 27.7. The summed E-state index contributed by atoms with van der Waals surface area (Å²) in [6.07, 6.45) is 1.82. The summed E-state index contributed by atoms with van der Waals surface area (Å²) in [5, 5.41) is 35.6. The van der Waals surface area contributed by atoms with E-state index in [2.05, 4.69) is 36.9 Å². The van der Waals surface area contributed by atoms with Gasteiger partial charge in [0, 0.05) is 25.6 Å². The van der Waals surface area contributed by atoms with Gasteiger partial charge in [-0.2, -0.15) is 0 Å². The molecule has 5 amide bonds. The van der Waals surface area contributed by atoms with Gasteiger partial charge in [0.25, 0.3) is 0 Å². The van der Waals surface area contributed by atoms with Crippen molar-refractivity contribution >= 4 is 47.4 Å². The summed E-state index contributed by atoms with van der Waals surface area (Å²) in [4.78, 5) is 94.8. The molecule has 14 N–H and O–H groups in total. The van der Waals surface area contributed by atoms with Crippen molar-refractivity contribution in [2.75, 3.05) is 13.1 Å². The van der Waals surface area contributed by atoms with Crippen LogP contribution in [0.25, 0.3) is 0 Å². The van der Waals surface area contributed by atoms with E-state index in [1.54, 1.807) is 26.0 Å². The fraction of sp³-hybridized carbons (Fsp3) is 0.535. The smallest absolute Gasteiger partial charge is 0.326 e. The third-order valence-corrected chi connectivity index (χ3v) is 9.93. The zero-order valence-corrected chi connectivity index (χ0v) is 36.1. The molecule has 0 aliphatic carbocycles. The number of benzene rings is 2. The first-order chi connectivity index (χ1) is 29.4. The van der Waals surface area contributed by atoms with E-state index in [9.17, 15) is 43.8 Å². The Balaban J connectivity index is 2.33. The number of aliphatic carboxylic acids is 2. The highest BCUT2D eigenvalue weighted by Crippen LogP contribution is 2.11. The normalized spacial score (nSPS) is 14.4. The minimum absolute atomic E-state index is 0.0423. The maximum absolute atomic E-state index is 14.1. The number of unbranched alkanes of at least 4 members (excludes halogenated alkanes) is 1. The van der Waals surface area contributed by atoms with Crippen molar-refractivity contribution in [3.63, 3.8) is 0 Å². The van der Waals surface area contributed by atoms with Crippen molar-refractivity contribution in [2.24, 2.45) is 28.1 Å². The lowest BCUT2D eigenvalue weighted by Gasteiger charge is -2.29. The number of hydrogen-bond donors (Lipinski definition) is 11. The number of carboxylic acid groups (broad SMARTS) is 2. The van der Waals surface area contributed by atoms with E-state index in [0.29, 0.717) is 32.2 Å². The van der Waals surface area contributed by atoms with Crippen molar-refractivity contribution in [1.82, 2.24) is 31.9 Å². The number of nitrogens with zero attached hydrogens (tertiary/aromatic N) is 1. The SMILES string of the molecule is CCCC[C@H](NC(=O)[C@H](C)NC(=O)[C@H](CCC(=O)O)NC(=O)[C@H](Cc1ccccc1)NC[C@H](Cc1ccccc1)NC(=O)[C@@H](NC(=O)[C@@H](N)CCCN=C(N)N)C(C)C)C(=O)O. The van der Waals surface area contributed by atoms with Crippen LogP contribution in [0.15, 0.2) is 65.7 Å². The Kier molecular flexibility index (Phi) is 23.3. The van der Waals surface area contributed by atoms with Crippen LogP contribution in [0.4, 0.5) is 0 Å². The Morgan fingerprint density at radius 1 is 0.645 bits per heavy atom. The number of carbonyl (C=O) groups excluding carboxylic acids is 5. The molecule has 62 heavy (non-hydrogen) atoms. The van der Waals surface area contributed by atoms with Gasteiger partial charge in [0.15, 0.2) is 5.96 Å². The summed E-state index contributed by atoms with van der Waals surface area (Å²) in [5.41, 5.74) is 18.5. The van der Waals surface area contributed by atoms with E-state index in [1.165, 1.54) is 6.92 Å². The Morgan fingerprint density at radius 2 is 1.23 bits per heavy atom. The second-order valence-corrected chi connectivity index (χ2v) is 15.6. The maximum atomic E-state index is 14.1. The quantitative estimate of drug-likeness (QED) is 0.0293. The van der Waals surface area contributed by atoms with Crippen molar-refractivity contribution in [2.45, 2.75) is 128 Å². The lowest BCUT2D eigenvalue weighted by Crippen LogP contribution is -2.59. The van der Waals surface area contributed by atoms with Gasteiger partial charge < -0.3 is 59.3 Å². The van der Waals surface area contributed by atoms with Gasteiger partial charge in [0.05, 0.1) is 12.1 Å². The molecule has 0 heterocycles. The molecule has 2 aromatic rings. The van der Waals surface area contributed by atoms with Gasteiger partial charge in [0.2, 0.25) is 29.5 Å². The molecular formula is C43H66N10O9. The van der Waals surface area contributed by atoms with E-state index >= 15 is 0 Å². The fourth-order valence-electron chi connectivity index (χ4n) is 6.35. The molecule has 19 nitrogen and oxygen atoms in total. The first kappa shape index (κ1) is 52.1. The van der Waals surface area contributed by atoms with Gasteiger partial charge in [0.1, 0.15) is 24.2 Å². The number of nitrogens with two attached hydrogens (primary N) is 3. The molecule has 0 unspecified atom stereocenters. The monoisotopic (exact) mass is 867 g/mol. The van der Waals surface area contributed by atoms with E-state index < -0.39 is 90.2 Å². The van der Waals surface area contributed by atoms with Crippen molar-refractivity contribution in [3.8, 4) is 0 Å². The van der Waals surface area contributed by atoms with Crippen LogP contribution in [-0.4, -0.2) is 113 Å². The van der Waals surface area contributed by atoms with Gasteiger partial charge >= 0.3 is 11.9 Å². The van der Waals surface area contributed by atoms with E-state index in [4.69, 9.17) is 17.2 Å². The third kappa shape index (κ3) is 20.0. The van der Waals surface area contributed by atoms with Crippen molar-refractivity contribution < 1.29 is 43.8 Å². The first-order valence-corrected chi connectivity index (χ1v) is 21.0. The predicted octanol–water partition coefficient (Wildman–Crippen LogP) is 0.0504. The van der Waals surface area contributed by atoms with Crippen molar-refractivity contribution in [3.05, 3.63) is 71.8 Å². The van der Waals surface area contributed by atoms with Crippen LogP contribution in [-0.2, 0) is 46.4 Å². The number of carbonyl (C=O) groups is 7. The first-order valence-electron chi connectivity index (χ1n) is 21.0. The Labute approximate surface area is 363 Å². The molecule has 0 fully saturated rings. The fourth-order valence-corrected chi connectivity index (χ4v) is 6.35. The van der Waals surface area contributed by atoms with E-state index in [0.717, 1.165) is 11.1 Å². The third-order valence-electron chi connectivity index (χ3n) is 9.93. The molecule has 0 bridgehead atoms. The van der Waals surface area contributed by atoms with Crippen LogP contribution in [0, 0.1) is 5.92 Å². The van der Waals surface area contributed by atoms with Crippen LogP contribution in [0.1, 0.15) is 83.8 Å². The Bertz CT molecular complexity index is 1780. The molecule has 342 valence electrons. The zero-order chi connectivity index (χ0) is 46.2. The Hall–Kier alpha value is -6.08. The molecular weight excluding hydrogens is 801 g/mol. The molecule has 0 saturated carbocycles. The topological polar surface area (TPSA) is 323 Å². The van der Waals surface area contributed by atoms with Crippen LogP contribution in [0.3, 0.4) is 0 Å². The number of amides is 5. The number of aliphatic imine (C=N–C) groups is 1. The number of carboxylic acids is 2. The summed E-state index contributed by atoms with van der Waals surface area (Å²) in [6.45, 7) is 7.12. The summed E-state index contributed by atoms with van der Waals surface area (Å²) < 4.78 is 0. The minimum Gasteiger partial charge on any atom is -0.481 e. The Morgan fingerprint density at radius 3 is 1.77 bits per heavy atom. The summed E-state index contributed by atoms with van der Waals surface area (Å²) in [7, 11) is 0. The average molecular weight is 867 g/mol. The largest absolute Gasteiger partial charge is 0.481 e. The molecule has 0 saturated heterocycles. The van der Waals surface area contributed by atoms with Crippen LogP contribution >= 0.6 is 0 Å². The van der Waals surface area contributed by atoms with Gasteiger partial charge in [-0.25, -0.2) is 4.79 Å². The zero-order valence-electron chi connectivity index (χ0n) is 36.1.